The topological polar surface area (TPSA) is 67.4 Å². The fourth-order valence-corrected chi connectivity index (χ4v) is 3.37. The van der Waals surface area contributed by atoms with Gasteiger partial charge in [0.05, 0.1) is 0 Å². The van der Waals surface area contributed by atoms with Crippen LogP contribution < -0.4 is 15.4 Å². The number of amides is 2. The first-order chi connectivity index (χ1) is 13.5. The molecule has 3 rings (SSSR count). The standard InChI is InChI=1S/C23H28N2O3/c1-16-11-13-21(14-12-16)28-17(2)22(26)25-20-10-6-7-18(15-20)23(27)24-19-8-4-3-5-9-19/h6-7,10-15,17,19H,3-5,8-9H2,1-2H3,(H,24,27)(H,25,26). The van der Waals surface area contributed by atoms with Crippen LogP contribution in [0, 0.1) is 6.92 Å². The summed E-state index contributed by atoms with van der Waals surface area (Å²) in [7, 11) is 0. The van der Waals surface area contributed by atoms with E-state index in [2.05, 4.69) is 10.6 Å². The molecule has 0 spiro atoms. The fraction of sp³-hybridized carbons (Fsp3) is 0.391. The smallest absolute Gasteiger partial charge is 0.265 e. The van der Waals surface area contributed by atoms with E-state index in [4.69, 9.17) is 4.74 Å². The molecule has 2 aromatic carbocycles. The summed E-state index contributed by atoms with van der Waals surface area (Å²) in [6.45, 7) is 3.70. The number of benzene rings is 2. The van der Waals surface area contributed by atoms with Gasteiger partial charge in [-0.1, -0.05) is 43.0 Å². The molecule has 1 aliphatic carbocycles. The molecule has 0 saturated heterocycles. The minimum atomic E-state index is -0.651. The molecule has 148 valence electrons. The van der Waals surface area contributed by atoms with Gasteiger partial charge in [-0.2, -0.15) is 0 Å². The van der Waals surface area contributed by atoms with Crippen molar-refractivity contribution in [2.75, 3.05) is 5.32 Å². The highest BCUT2D eigenvalue weighted by molar-refractivity contribution is 5.98. The fourth-order valence-electron chi connectivity index (χ4n) is 3.37. The number of rotatable bonds is 6. The number of aryl methyl sites for hydroxylation is 1. The highest BCUT2D eigenvalue weighted by Gasteiger charge is 2.18. The van der Waals surface area contributed by atoms with Gasteiger partial charge >= 0.3 is 0 Å². The van der Waals surface area contributed by atoms with Crippen LogP contribution in [-0.2, 0) is 4.79 Å². The van der Waals surface area contributed by atoms with E-state index in [1.807, 2.05) is 31.2 Å². The highest BCUT2D eigenvalue weighted by atomic mass is 16.5. The van der Waals surface area contributed by atoms with E-state index in [1.54, 1.807) is 31.2 Å². The van der Waals surface area contributed by atoms with Crippen LogP contribution in [0.2, 0.25) is 0 Å². The van der Waals surface area contributed by atoms with Crippen molar-refractivity contribution in [3.05, 3.63) is 59.7 Å². The molecule has 2 aromatic rings. The molecule has 2 amide bonds. The van der Waals surface area contributed by atoms with Crippen molar-refractivity contribution in [1.29, 1.82) is 0 Å². The van der Waals surface area contributed by atoms with Crippen LogP contribution in [0.3, 0.4) is 0 Å². The molecule has 1 aliphatic rings. The molecular formula is C23H28N2O3. The molecule has 5 nitrogen and oxygen atoms in total. The zero-order valence-corrected chi connectivity index (χ0v) is 16.5. The van der Waals surface area contributed by atoms with E-state index in [1.165, 1.54) is 19.3 Å². The van der Waals surface area contributed by atoms with E-state index < -0.39 is 6.10 Å². The summed E-state index contributed by atoms with van der Waals surface area (Å²) in [5.41, 5.74) is 2.27. The van der Waals surface area contributed by atoms with Crippen LogP contribution in [0.25, 0.3) is 0 Å². The molecule has 1 unspecified atom stereocenters. The Kier molecular flexibility index (Phi) is 6.69. The summed E-state index contributed by atoms with van der Waals surface area (Å²) in [6.07, 6.45) is 5.00. The third kappa shape index (κ3) is 5.59. The number of anilines is 1. The molecule has 0 heterocycles. The lowest BCUT2D eigenvalue weighted by molar-refractivity contribution is -0.122. The van der Waals surface area contributed by atoms with Crippen LogP contribution in [0.15, 0.2) is 48.5 Å². The molecule has 0 bridgehead atoms. The van der Waals surface area contributed by atoms with Gasteiger partial charge in [0.25, 0.3) is 11.8 Å². The molecule has 0 aliphatic heterocycles. The quantitative estimate of drug-likeness (QED) is 0.777. The van der Waals surface area contributed by atoms with Gasteiger partial charge in [-0.15, -0.1) is 0 Å². The summed E-state index contributed by atoms with van der Waals surface area (Å²) in [5.74, 6) is 0.297. The zero-order valence-electron chi connectivity index (χ0n) is 16.5. The number of ether oxygens (including phenoxy) is 1. The van der Waals surface area contributed by atoms with Crippen LogP contribution in [-0.4, -0.2) is 24.0 Å². The average molecular weight is 380 g/mol. The van der Waals surface area contributed by atoms with Crippen LogP contribution >= 0.6 is 0 Å². The van der Waals surface area contributed by atoms with E-state index in [0.717, 1.165) is 18.4 Å². The molecule has 5 heteroatoms. The number of nitrogens with one attached hydrogen (secondary N) is 2. The minimum absolute atomic E-state index is 0.0908. The molecule has 0 aromatic heterocycles. The third-order valence-corrected chi connectivity index (χ3v) is 5.04. The minimum Gasteiger partial charge on any atom is -0.481 e. The Labute approximate surface area is 166 Å². The normalized spacial score (nSPS) is 15.5. The maximum absolute atomic E-state index is 12.5. The Hall–Kier alpha value is -2.82. The summed E-state index contributed by atoms with van der Waals surface area (Å²) in [6, 6.07) is 14.8. The second-order valence-electron chi connectivity index (χ2n) is 7.45. The van der Waals surface area contributed by atoms with E-state index in [0.29, 0.717) is 17.0 Å². The second-order valence-corrected chi connectivity index (χ2v) is 7.45. The Morgan fingerprint density at radius 2 is 1.75 bits per heavy atom. The summed E-state index contributed by atoms with van der Waals surface area (Å²) >= 11 is 0. The Balaban J connectivity index is 1.57. The molecule has 28 heavy (non-hydrogen) atoms. The first-order valence-electron chi connectivity index (χ1n) is 9.96. The highest BCUT2D eigenvalue weighted by Crippen LogP contribution is 2.19. The van der Waals surface area contributed by atoms with Gasteiger partial charge in [0.2, 0.25) is 0 Å². The third-order valence-electron chi connectivity index (χ3n) is 5.04. The van der Waals surface area contributed by atoms with Crippen molar-refractivity contribution in [1.82, 2.24) is 5.32 Å². The average Bonchev–Trinajstić information content (AvgIpc) is 2.70. The monoisotopic (exact) mass is 380 g/mol. The second kappa shape index (κ2) is 9.40. The molecule has 0 radical (unpaired) electrons. The molecular weight excluding hydrogens is 352 g/mol. The van der Waals surface area contributed by atoms with Gasteiger partial charge in [0.1, 0.15) is 5.75 Å². The van der Waals surface area contributed by atoms with Crippen LogP contribution in [0.5, 0.6) is 5.75 Å². The van der Waals surface area contributed by atoms with Gasteiger partial charge in [-0.3, -0.25) is 9.59 Å². The first-order valence-corrected chi connectivity index (χ1v) is 9.96. The van der Waals surface area contributed by atoms with Crippen molar-refractivity contribution in [3.8, 4) is 5.75 Å². The predicted octanol–water partition coefficient (Wildman–Crippen LogP) is 4.46. The van der Waals surface area contributed by atoms with E-state index in [-0.39, 0.29) is 17.9 Å². The lowest BCUT2D eigenvalue weighted by atomic mass is 9.95. The largest absolute Gasteiger partial charge is 0.481 e. The van der Waals surface area contributed by atoms with Crippen molar-refractivity contribution in [3.63, 3.8) is 0 Å². The van der Waals surface area contributed by atoms with Crippen molar-refractivity contribution < 1.29 is 14.3 Å². The van der Waals surface area contributed by atoms with Gasteiger partial charge in [0, 0.05) is 17.3 Å². The zero-order chi connectivity index (χ0) is 19.9. The summed E-state index contributed by atoms with van der Waals surface area (Å²) in [5, 5.41) is 5.93. The predicted molar refractivity (Wildman–Crippen MR) is 111 cm³/mol. The van der Waals surface area contributed by atoms with Gasteiger partial charge in [-0.25, -0.2) is 0 Å². The van der Waals surface area contributed by atoms with Crippen molar-refractivity contribution >= 4 is 17.5 Å². The van der Waals surface area contributed by atoms with Crippen molar-refractivity contribution in [2.24, 2.45) is 0 Å². The number of hydrogen-bond acceptors (Lipinski definition) is 3. The summed E-state index contributed by atoms with van der Waals surface area (Å²) < 4.78 is 5.69. The molecule has 1 saturated carbocycles. The molecule has 1 atom stereocenters. The molecule has 1 fully saturated rings. The molecule has 2 N–H and O–H groups in total. The number of hydrogen-bond donors (Lipinski definition) is 2. The SMILES string of the molecule is Cc1ccc(OC(C)C(=O)Nc2cccc(C(=O)NC3CCCCC3)c2)cc1. The van der Waals surface area contributed by atoms with Crippen LogP contribution in [0.1, 0.15) is 54.9 Å². The van der Waals surface area contributed by atoms with Gasteiger partial charge in [-0.05, 0) is 57.0 Å². The van der Waals surface area contributed by atoms with Crippen LogP contribution in [0.4, 0.5) is 5.69 Å². The van der Waals surface area contributed by atoms with E-state index >= 15 is 0 Å². The Morgan fingerprint density at radius 1 is 1.04 bits per heavy atom. The maximum atomic E-state index is 12.5. The number of carbonyl (C=O) groups excluding carboxylic acids is 2. The summed E-state index contributed by atoms with van der Waals surface area (Å²) in [4.78, 5) is 25.0. The van der Waals surface area contributed by atoms with Gasteiger partial charge < -0.3 is 15.4 Å². The number of carbonyl (C=O) groups is 2. The lowest BCUT2D eigenvalue weighted by Crippen LogP contribution is -2.36. The van der Waals surface area contributed by atoms with E-state index in [9.17, 15) is 9.59 Å². The first kappa shape index (κ1) is 19.9. The van der Waals surface area contributed by atoms with Crippen molar-refractivity contribution in [2.45, 2.75) is 58.1 Å². The Morgan fingerprint density at radius 3 is 2.46 bits per heavy atom. The lowest BCUT2D eigenvalue weighted by Gasteiger charge is -2.22. The van der Waals surface area contributed by atoms with Gasteiger partial charge in [0.15, 0.2) is 6.10 Å². The Bertz CT molecular complexity index is 811. The maximum Gasteiger partial charge on any atom is 0.265 e.